The van der Waals surface area contributed by atoms with Crippen molar-refractivity contribution in [2.75, 3.05) is 0 Å². The highest BCUT2D eigenvalue weighted by molar-refractivity contribution is 6.30. The van der Waals surface area contributed by atoms with Gasteiger partial charge in [-0.05, 0) is 48.0 Å². The quantitative estimate of drug-likeness (QED) is 0.536. The molecular formula is C19H15ClN2O5. The van der Waals surface area contributed by atoms with Crippen molar-refractivity contribution in [3.63, 3.8) is 0 Å². The van der Waals surface area contributed by atoms with Crippen molar-refractivity contribution in [1.29, 1.82) is 0 Å². The van der Waals surface area contributed by atoms with Gasteiger partial charge in [-0.3, -0.25) is 9.59 Å². The van der Waals surface area contributed by atoms with Gasteiger partial charge in [0, 0.05) is 34.0 Å². The van der Waals surface area contributed by atoms with E-state index in [-0.39, 0.29) is 17.7 Å². The third-order valence-electron chi connectivity index (χ3n) is 4.05. The average Bonchev–Trinajstić information content (AvgIpc) is 2.62. The number of phenolic OH excluding ortho intramolecular Hbond substituents is 1. The lowest BCUT2D eigenvalue weighted by Crippen LogP contribution is -2.42. The number of hydrogen-bond acceptors (Lipinski definition) is 4. The average molecular weight is 387 g/mol. The molecule has 27 heavy (non-hydrogen) atoms. The van der Waals surface area contributed by atoms with Crippen molar-refractivity contribution in [3.8, 4) is 5.75 Å². The Morgan fingerprint density at radius 3 is 2.48 bits per heavy atom. The largest absolute Gasteiger partial charge is 0.508 e. The summed E-state index contributed by atoms with van der Waals surface area (Å²) in [6.45, 7) is 0. The van der Waals surface area contributed by atoms with Crippen molar-refractivity contribution < 1.29 is 19.8 Å². The van der Waals surface area contributed by atoms with Gasteiger partial charge in [0.2, 0.25) is 5.56 Å². The number of carboxylic acids is 1. The summed E-state index contributed by atoms with van der Waals surface area (Å²) >= 11 is 5.78. The molecule has 1 atom stereocenters. The van der Waals surface area contributed by atoms with E-state index >= 15 is 0 Å². The molecule has 1 unspecified atom stereocenters. The van der Waals surface area contributed by atoms with Gasteiger partial charge in [0.25, 0.3) is 5.91 Å². The first-order valence-electron chi connectivity index (χ1n) is 7.97. The number of carbonyl (C=O) groups is 2. The molecule has 0 saturated carbocycles. The fourth-order valence-corrected chi connectivity index (χ4v) is 2.87. The first-order valence-corrected chi connectivity index (χ1v) is 8.35. The van der Waals surface area contributed by atoms with Crippen LogP contribution in [0, 0.1) is 0 Å². The molecule has 0 spiro atoms. The van der Waals surface area contributed by atoms with Crippen LogP contribution in [0.3, 0.4) is 0 Å². The van der Waals surface area contributed by atoms with Gasteiger partial charge >= 0.3 is 5.97 Å². The summed E-state index contributed by atoms with van der Waals surface area (Å²) in [4.78, 5) is 38.4. The molecule has 0 aliphatic heterocycles. The monoisotopic (exact) mass is 386 g/mol. The van der Waals surface area contributed by atoms with E-state index in [2.05, 4.69) is 10.3 Å². The van der Waals surface area contributed by atoms with Crippen LogP contribution in [0.1, 0.15) is 15.9 Å². The van der Waals surface area contributed by atoms with E-state index in [4.69, 9.17) is 11.6 Å². The normalized spacial score (nSPS) is 11.9. The van der Waals surface area contributed by atoms with Crippen LogP contribution in [0.4, 0.5) is 0 Å². The van der Waals surface area contributed by atoms with E-state index in [0.717, 1.165) is 0 Å². The highest BCUT2D eigenvalue weighted by atomic mass is 35.5. The number of amides is 1. The lowest BCUT2D eigenvalue weighted by atomic mass is 10.0. The summed E-state index contributed by atoms with van der Waals surface area (Å²) in [6, 6.07) is 10.4. The van der Waals surface area contributed by atoms with Crippen molar-refractivity contribution in [1.82, 2.24) is 10.3 Å². The Morgan fingerprint density at radius 2 is 1.81 bits per heavy atom. The second-order valence-corrected chi connectivity index (χ2v) is 6.40. The zero-order chi connectivity index (χ0) is 19.6. The number of pyridine rings is 1. The van der Waals surface area contributed by atoms with E-state index in [1.54, 1.807) is 0 Å². The maximum absolute atomic E-state index is 12.3. The minimum absolute atomic E-state index is 0.0205. The van der Waals surface area contributed by atoms with Crippen molar-refractivity contribution >= 4 is 34.4 Å². The minimum atomic E-state index is -1.26. The van der Waals surface area contributed by atoms with Crippen LogP contribution < -0.4 is 10.9 Å². The number of aromatic nitrogens is 1. The van der Waals surface area contributed by atoms with E-state index in [9.17, 15) is 24.6 Å². The smallest absolute Gasteiger partial charge is 0.326 e. The summed E-state index contributed by atoms with van der Waals surface area (Å²) in [6.07, 6.45) is -0.126. The molecule has 4 N–H and O–H groups in total. The summed E-state index contributed by atoms with van der Waals surface area (Å²) in [5, 5.41) is 22.6. The Bertz CT molecular complexity index is 1080. The number of carbonyl (C=O) groups excluding carboxylic acids is 1. The molecule has 1 heterocycles. The molecule has 0 aliphatic carbocycles. The molecule has 7 nitrogen and oxygen atoms in total. The third kappa shape index (κ3) is 4.27. The molecule has 0 fully saturated rings. The number of aliphatic carboxylic acids is 1. The van der Waals surface area contributed by atoms with Gasteiger partial charge in [-0.15, -0.1) is 0 Å². The second kappa shape index (κ2) is 7.51. The Hall–Kier alpha value is -3.32. The van der Waals surface area contributed by atoms with Gasteiger partial charge in [-0.2, -0.15) is 0 Å². The van der Waals surface area contributed by atoms with Crippen LogP contribution in [0.5, 0.6) is 5.75 Å². The van der Waals surface area contributed by atoms with E-state index in [0.29, 0.717) is 21.5 Å². The fourth-order valence-electron chi connectivity index (χ4n) is 2.74. The number of halogens is 1. The van der Waals surface area contributed by atoms with E-state index in [1.165, 1.54) is 48.5 Å². The molecule has 1 aromatic heterocycles. The molecule has 1 amide bonds. The molecule has 2 aromatic carbocycles. The van der Waals surface area contributed by atoms with Crippen LogP contribution >= 0.6 is 11.6 Å². The summed E-state index contributed by atoms with van der Waals surface area (Å²) in [7, 11) is 0. The molecule has 138 valence electrons. The fraction of sp³-hybridized carbons (Fsp3) is 0.105. The van der Waals surface area contributed by atoms with Gasteiger partial charge in [-0.25, -0.2) is 4.79 Å². The topological polar surface area (TPSA) is 119 Å². The number of rotatable bonds is 5. The lowest BCUT2D eigenvalue weighted by molar-refractivity contribution is -0.139. The number of benzene rings is 2. The predicted molar refractivity (Wildman–Crippen MR) is 100 cm³/mol. The molecule has 0 bridgehead atoms. The summed E-state index contributed by atoms with van der Waals surface area (Å²) < 4.78 is 0. The van der Waals surface area contributed by atoms with Gasteiger partial charge < -0.3 is 20.5 Å². The number of carboxylic acid groups (broad SMARTS) is 1. The number of aromatic hydroxyl groups is 1. The maximum Gasteiger partial charge on any atom is 0.326 e. The first-order chi connectivity index (χ1) is 12.8. The molecule has 0 radical (unpaired) electrons. The van der Waals surface area contributed by atoms with Crippen LogP contribution in [0.2, 0.25) is 5.02 Å². The Kier molecular flexibility index (Phi) is 5.14. The SMILES string of the molecule is O=C(NC(Cc1cc(=O)[nH]c2ccc(O)cc12)C(=O)O)c1ccc(Cl)cc1. The van der Waals surface area contributed by atoms with Crippen molar-refractivity contribution in [3.05, 3.63) is 75.0 Å². The zero-order valence-electron chi connectivity index (χ0n) is 13.9. The number of hydrogen-bond donors (Lipinski definition) is 4. The minimum Gasteiger partial charge on any atom is -0.508 e. The lowest BCUT2D eigenvalue weighted by Gasteiger charge is -2.16. The highest BCUT2D eigenvalue weighted by Crippen LogP contribution is 2.22. The van der Waals surface area contributed by atoms with Gasteiger partial charge in [0.1, 0.15) is 11.8 Å². The Morgan fingerprint density at radius 1 is 1.11 bits per heavy atom. The van der Waals surface area contributed by atoms with Crippen LogP contribution in [-0.2, 0) is 11.2 Å². The first kappa shape index (κ1) is 18.5. The third-order valence-corrected chi connectivity index (χ3v) is 4.30. The molecule has 0 aliphatic rings. The van der Waals surface area contributed by atoms with Crippen molar-refractivity contribution in [2.45, 2.75) is 12.5 Å². The number of aromatic amines is 1. The van der Waals surface area contributed by atoms with E-state index in [1.807, 2.05) is 0 Å². The molecule has 0 saturated heterocycles. The van der Waals surface area contributed by atoms with Gasteiger partial charge in [0.15, 0.2) is 0 Å². The molecule has 8 heteroatoms. The Balaban J connectivity index is 1.91. The van der Waals surface area contributed by atoms with Crippen molar-refractivity contribution in [2.24, 2.45) is 0 Å². The number of H-pyrrole nitrogens is 1. The Labute approximate surface area is 158 Å². The summed E-state index contributed by atoms with van der Waals surface area (Å²) in [5.41, 5.74) is 0.715. The van der Waals surface area contributed by atoms with Crippen LogP contribution in [0.15, 0.2) is 53.3 Å². The standard InChI is InChI=1S/C19H15ClN2O5/c20-12-3-1-10(2-4-12)18(25)22-16(19(26)27)7-11-8-17(24)21-15-6-5-13(23)9-14(11)15/h1-6,8-9,16,23H,7H2,(H,21,24)(H,22,25)(H,26,27). The van der Waals surface area contributed by atoms with Crippen LogP contribution in [-0.4, -0.2) is 33.1 Å². The molecule has 3 aromatic rings. The number of fused-ring (bicyclic) bond motifs is 1. The summed E-state index contributed by atoms with van der Waals surface area (Å²) in [5.74, 6) is -1.84. The molecule has 3 rings (SSSR count). The maximum atomic E-state index is 12.3. The van der Waals surface area contributed by atoms with Crippen LogP contribution in [0.25, 0.3) is 10.9 Å². The highest BCUT2D eigenvalue weighted by Gasteiger charge is 2.22. The van der Waals surface area contributed by atoms with E-state index < -0.39 is 23.5 Å². The second-order valence-electron chi connectivity index (χ2n) is 5.96. The zero-order valence-corrected chi connectivity index (χ0v) is 14.7. The number of phenols is 1. The van der Waals surface area contributed by atoms with Gasteiger partial charge in [-0.1, -0.05) is 11.6 Å². The van der Waals surface area contributed by atoms with Gasteiger partial charge in [0.05, 0.1) is 0 Å². The number of nitrogens with one attached hydrogen (secondary N) is 2. The molecular weight excluding hydrogens is 372 g/mol. The predicted octanol–water partition coefficient (Wildman–Crippen LogP) is 2.31.